The molecule has 0 aliphatic carbocycles. The van der Waals surface area contributed by atoms with Crippen molar-refractivity contribution in [3.8, 4) is 24.3 Å². The lowest BCUT2D eigenvalue weighted by molar-refractivity contribution is 0.174. The molecule has 0 bridgehead atoms. The summed E-state index contributed by atoms with van der Waals surface area (Å²) in [5.74, 6) is 1.47. The molecular weight excluding hydrogens is 168 g/mol. The topological polar surface area (TPSA) is 38.7 Å². The van der Waals surface area contributed by atoms with Crippen LogP contribution in [0.1, 0.15) is 5.56 Å². The molecular formula is C10H10O3. The van der Waals surface area contributed by atoms with E-state index in [2.05, 4.69) is 12.8 Å². The first kappa shape index (κ1) is 9.43. The fourth-order valence-electron chi connectivity index (χ4n) is 1.04. The van der Waals surface area contributed by atoms with Crippen LogP contribution in [0.25, 0.3) is 0 Å². The zero-order chi connectivity index (χ0) is 9.68. The van der Waals surface area contributed by atoms with Crippen molar-refractivity contribution in [3.63, 3.8) is 0 Å². The molecule has 68 valence electrons. The minimum Gasteiger partial charge on any atom is -0.454 e. The van der Waals surface area contributed by atoms with Crippen LogP contribution in [-0.2, 0) is 6.61 Å². The molecule has 3 heteroatoms. The maximum absolute atomic E-state index is 8.77. The van der Waals surface area contributed by atoms with Crippen molar-refractivity contribution >= 4 is 0 Å². The Morgan fingerprint density at radius 3 is 2.62 bits per heavy atom. The van der Waals surface area contributed by atoms with Crippen molar-refractivity contribution in [2.45, 2.75) is 6.61 Å². The van der Waals surface area contributed by atoms with E-state index in [1.54, 1.807) is 12.1 Å². The molecule has 0 fully saturated rings. The third kappa shape index (κ3) is 1.92. The first-order valence-corrected chi connectivity index (χ1v) is 3.73. The van der Waals surface area contributed by atoms with E-state index in [1.807, 2.05) is 6.07 Å². The standard InChI is InChI=1S/C8H8O3.C2H2/c9-4-6-1-2-7-8(3-6)11-5-10-7;1-2/h1-3,9H,4-5H2;1-2H. The van der Waals surface area contributed by atoms with Crippen LogP contribution in [0.4, 0.5) is 0 Å². The van der Waals surface area contributed by atoms with Crippen LogP contribution < -0.4 is 9.47 Å². The average Bonchev–Trinajstić information content (AvgIpc) is 2.67. The van der Waals surface area contributed by atoms with Crippen molar-refractivity contribution in [1.82, 2.24) is 0 Å². The molecule has 1 aliphatic rings. The zero-order valence-electron chi connectivity index (χ0n) is 7.06. The maximum atomic E-state index is 8.77. The van der Waals surface area contributed by atoms with Gasteiger partial charge in [0.25, 0.3) is 0 Å². The first-order chi connectivity index (χ1) is 6.40. The van der Waals surface area contributed by atoms with Crippen molar-refractivity contribution in [2.75, 3.05) is 6.79 Å². The minimum absolute atomic E-state index is 0.0383. The molecule has 1 aliphatic heterocycles. The van der Waals surface area contributed by atoms with Gasteiger partial charge >= 0.3 is 0 Å². The Kier molecular flexibility index (Phi) is 3.18. The highest BCUT2D eigenvalue weighted by Gasteiger charge is 2.12. The number of aliphatic hydroxyl groups is 1. The van der Waals surface area contributed by atoms with Crippen LogP contribution in [0.3, 0.4) is 0 Å². The van der Waals surface area contributed by atoms with Gasteiger partial charge in [-0.2, -0.15) is 0 Å². The third-order valence-electron chi connectivity index (χ3n) is 1.62. The largest absolute Gasteiger partial charge is 0.454 e. The number of hydrogen-bond donors (Lipinski definition) is 1. The first-order valence-electron chi connectivity index (χ1n) is 3.73. The fraction of sp³-hybridized carbons (Fsp3) is 0.200. The van der Waals surface area contributed by atoms with Crippen LogP contribution in [0, 0.1) is 12.8 Å². The molecule has 0 amide bonds. The Labute approximate surface area is 76.9 Å². The van der Waals surface area contributed by atoms with Gasteiger partial charge in [-0.15, -0.1) is 12.8 Å². The highest BCUT2D eigenvalue weighted by atomic mass is 16.7. The fourth-order valence-corrected chi connectivity index (χ4v) is 1.04. The van der Waals surface area contributed by atoms with E-state index in [1.165, 1.54) is 0 Å². The molecule has 1 heterocycles. The van der Waals surface area contributed by atoms with Gasteiger partial charge in [0.05, 0.1) is 6.61 Å². The van der Waals surface area contributed by atoms with Crippen molar-refractivity contribution < 1.29 is 14.6 Å². The smallest absolute Gasteiger partial charge is 0.231 e. The number of hydrogen-bond acceptors (Lipinski definition) is 3. The summed E-state index contributed by atoms with van der Waals surface area (Å²) in [6, 6.07) is 5.39. The molecule has 3 nitrogen and oxygen atoms in total. The molecule has 13 heavy (non-hydrogen) atoms. The Balaban J connectivity index is 0.000000396. The van der Waals surface area contributed by atoms with E-state index in [-0.39, 0.29) is 13.4 Å². The van der Waals surface area contributed by atoms with Crippen LogP contribution in [0.2, 0.25) is 0 Å². The van der Waals surface area contributed by atoms with Crippen LogP contribution >= 0.6 is 0 Å². The summed E-state index contributed by atoms with van der Waals surface area (Å²) in [7, 11) is 0. The number of terminal acetylenes is 1. The van der Waals surface area contributed by atoms with E-state index in [0.717, 1.165) is 17.1 Å². The van der Waals surface area contributed by atoms with E-state index in [9.17, 15) is 0 Å². The van der Waals surface area contributed by atoms with Gasteiger partial charge in [-0.25, -0.2) is 0 Å². The number of ether oxygens (including phenoxy) is 2. The Bertz CT molecular complexity index is 304. The minimum atomic E-state index is 0.0383. The van der Waals surface area contributed by atoms with Gasteiger partial charge in [0.2, 0.25) is 6.79 Å². The molecule has 0 radical (unpaired) electrons. The molecule has 0 spiro atoms. The van der Waals surface area contributed by atoms with E-state index >= 15 is 0 Å². The van der Waals surface area contributed by atoms with Gasteiger partial charge in [-0.1, -0.05) is 6.07 Å². The molecule has 2 rings (SSSR count). The molecule has 0 atom stereocenters. The second-order valence-electron chi connectivity index (χ2n) is 2.35. The maximum Gasteiger partial charge on any atom is 0.231 e. The van der Waals surface area contributed by atoms with Crippen LogP contribution in [0.5, 0.6) is 11.5 Å². The summed E-state index contributed by atoms with van der Waals surface area (Å²) in [6.45, 7) is 0.320. The van der Waals surface area contributed by atoms with Gasteiger partial charge < -0.3 is 14.6 Å². The number of rotatable bonds is 1. The summed E-state index contributed by atoms with van der Waals surface area (Å²) in [5, 5.41) is 8.77. The van der Waals surface area contributed by atoms with E-state index < -0.39 is 0 Å². The second-order valence-corrected chi connectivity index (χ2v) is 2.35. The highest BCUT2D eigenvalue weighted by Crippen LogP contribution is 2.32. The third-order valence-corrected chi connectivity index (χ3v) is 1.62. The number of benzene rings is 1. The van der Waals surface area contributed by atoms with Gasteiger partial charge in [0, 0.05) is 0 Å². The number of aliphatic hydroxyl groups excluding tert-OH is 1. The molecule has 0 saturated carbocycles. The van der Waals surface area contributed by atoms with Gasteiger partial charge in [0.1, 0.15) is 0 Å². The average molecular weight is 178 g/mol. The summed E-state index contributed by atoms with van der Waals surface area (Å²) in [4.78, 5) is 0. The molecule has 0 unspecified atom stereocenters. The second kappa shape index (κ2) is 4.39. The lowest BCUT2D eigenvalue weighted by Crippen LogP contribution is -1.92. The highest BCUT2D eigenvalue weighted by molar-refractivity contribution is 5.44. The molecule has 1 aromatic carbocycles. The zero-order valence-corrected chi connectivity index (χ0v) is 7.06. The van der Waals surface area contributed by atoms with Crippen molar-refractivity contribution in [3.05, 3.63) is 23.8 Å². The number of fused-ring (bicyclic) bond motifs is 1. The van der Waals surface area contributed by atoms with E-state index in [4.69, 9.17) is 14.6 Å². The lowest BCUT2D eigenvalue weighted by atomic mass is 10.2. The molecule has 0 aromatic heterocycles. The Morgan fingerprint density at radius 2 is 1.92 bits per heavy atom. The van der Waals surface area contributed by atoms with Crippen LogP contribution in [-0.4, -0.2) is 11.9 Å². The normalized spacial score (nSPS) is 11.6. The van der Waals surface area contributed by atoms with Crippen LogP contribution in [0.15, 0.2) is 18.2 Å². The lowest BCUT2D eigenvalue weighted by Gasteiger charge is -1.97. The van der Waals surface area contributed by atoms with Gasteiger partial charge in [-0.3, -0.25) is 0 Å². The molecule has 1 N–H and O–H groups in total. The van der Waals surface area contributed by atoms with Gasteiger partial charge in [-0.05, 0) is 17.7 Å². The summed E-state index contributed by atoms with van der Waals surface area (Å²) in [5.41, 5.74) is 0.842. The SMILES string of the molecule is C#C.OCc1ccc2c(c1)OCO2. The Morgan fingerprint density at radius 1 is 1.23 bits per heavy atom. The summed E-state index contributed by atoms with van der Waals surface area (Å²) < 4.78 is 10.2. The monoisotopic (exact) mass is 178 g/mol. The van der Waals surface area contributed by atoms with E-state index in [0.29, 0.717) is 0 Å². The van der Waals surface area contributed by atoms with Crippen molar-refractivity contribution in [1.29, 1.82) is 0 Å². The van der Waals surface area contributed by atoms with Crippen molar-refractivity contribution in [2.24, 2.45) is 0 Å². The summed E-state index contributed by atoms with van der Waals surface area (Å²) >= 11 is 0. The quantitative estimate of drug-likeness (QED) is 0.656. The summed E-state index contributed by atoms with van der Waals surface area (Å²) in [6.07, 6.45) is 8.00. The predicted molar refractivity (Wildman–Crippen MR) is 48.4 cm³/mol. The van der Waals surface area contributed by atoms with Gasteiger partial charge in [0.15, 0.2) is 11.5 Å². The molecule has 1 aromatic rings. The Hall–Kier alpha value is -1.66. The predicted octanol–water partition coefficient (Wildman–Crippen LogP) is 1.16. The molecule has 0 saturated heterocycles.